The van der Waals surface area contributed by atoms with Crippen molar-refractivity contribution in [1.29, 1.82) is 5.26 Å². The Hall–Kier alpha value is -3.43. The summed E-state index contributed by atoms with van der Waals surface area (Å²) in [6.45, 7) is 3.24. The Morgan fingerprint density at radius 1 is 1.07 bits per heavy atom. The van der Waals surface area contributed by atoms with E-state index in [9.17, 15) is 14.7 Å². The third kappa shape index (κ3) is 3.49. The predicted molar refractivity (Wildman–Crippen MR) is 113 cm³/mol. The summed E-state index contributed by atoms with van der Waals surface area (Å²) in [4.78, 5) is 30.1. The minimum atomic E-state index is -0.366. The third-order valence-electron chi connectivity index (χ3n) is 5.75. The zero-order chi connectivity index (χ0) is 21.3. The van der Waals surface area contributed by atoms with Gasteiger partial charge in [0.25, 0.3) is 11.8 Å². The van der Waals surface area contributed by atoms with Crippen molar-refractivity contribution in [2.45, 2.75) is 19.8 Å². The fraction of sp³-hybridized carbons (Fsp3) is 0.292. The van der Waals surface area contributed by atoms with Crippen LogP contribution in [0.1, 0.15) is 29.5 Å². The van der Waals surface area contributed by atoms with E-state index in [1.807, 2.05) is 42.2 Å². The molecule has 1 unspecified atom stereocenters. The number of aliphatic hydroxyl groups excluding tert-OH is 1. The Kier molecular flexibility index (Phi) is 5.39. The Morgan fingerprint density at radius 3 is 2.40 bits per heavy atom. The predicted octanol–water partition coefficient (Wildman–Crippen LogP) is 2.86. The van der Waals surface area contributed by atoms with Gasteiger partial charge < -0.3 is 10.0 Å². The second-order valence-corrected chi connectivity index (χ2v) is 7.83. The average Bonchev–Trinajstić information content (AvgIpc) is 3.04. The molecule has 0 saturated carbocycles. The fourth-order valence-electron chi connectivity index (χ4n) is 4.13. The van der Waals surface area contributed by atoms with E-state index in [0.29, 0.717) is 41.2 Å². The molecule has 1 fully saturated rings. The number of likely N-dealkylation sites (tertiary alicyclic amines) is 1. The average molecular weight is 401 g/mol. The van der Waals surface area contributed by atoms with Gasteiger partial charge in [-0.25, -0.2) is 4.90 Å². The molecule has 2 heterocycles. The Labute approximate surface area is 175 Å². The van der Waals surface area contributed by atoms with Gasteiger partial charge in [0.05, 0.1) is 22.9 Å². The molecule has 1 saturated heterocycles. The zero-order valence-electron chi connectivity index (χ0n) is 16.8. The van der Waals surface area contributed by atoms with Gasteiger partial charge in [0, 0.05) is 19.7 Å². The van der Waals surface area contributed by atoms with Crippen molar-refractivity contribution in [3.63, 3.8) is 0 Å². The van der Waals surface area contributed by atoms with E-state index in [4.69, 9.17) is 5.26 Å². The summed E-state index contributed by atoms with van der Waals surface area (Å²) in [5.41, 5.74) is 3.47. The first-order chi connectivity index (χ1) is 14.5. The van der Waals surface area contributed by atoms with Crippen LogP contribution in [-0.2, 0) is 9.59 Å². The van der Waals surface area contributed by atoms with Crippen molar-refractivity contribution < 1.29 is 14.7 Å². The number of aliphatic hydroxyl groups is 1. The number of piperidine rings is 1. The highest BCUT2D eigenvalue weighted by molar-refractivity contribution is 6.45. The zero-order valence-corrected chi connectivity index (χ0v) is 16.8. The molecule has 1 atom stereocenters. The number of carbonyl (C=O) groups is 2. The quantitative estimate of drug-likeness (QED) is 0.797. The van der Waals surface area contributed by atoms with Crippen LogP contribution in [0.25, 0.3) is 5.57 Å². The molecule has 2 aromatic carbocycles. The molecule has 2 aliphatic heterocycles. The minimum absolute atomic E-state index is 0.0606. The molecule has 0 aliphatic carbocycles. The van der Waals surface area contributed by atoms with E-state index in [-0.39, 0.29) is 24.3 Å². The minimum Gasteiger partial charge on any atom is -0.396 e. The van der Waals surface area contributed by atoms with Gasteiger partial charge in [0.2, 0.25) is 0 Å². The highest BCUT2D eigenvalue weighted by Gasteiger charge is 2.43. The van der Waals surface area contributed by atoms with Gasteiger partial charge in [-0.15, -0.1) is 0 Å². The molecule has 6 heteroatoms. The third-order valence-corrected chi connectivity index (χ3v) is 5.75. The van der Waals surface area contributed by atoms with Gasteiger partial charge in [0.1, 0.15) is 5.70 Å². The van der Waals surface area contributed by atoms with Crippen LogP contribution in [0.4, 0.5) is 5.69 Å². The molecule has 0 aromatic heterocycles. The normalized spacial score (nSPS) is 19.4. The monoisotopic (exact) mass is 401 g/mol. The van der Waals surface area contributed by atoms with Crippen LogP contribution in [0.5, 0.6) is 0 Å². The summed E-state index contributed by atoms with van der Waals surface area (Å²) >= 11 is 0. The molecule has 2 aliphatic rings. The summed E-state index contributed by atoms with van der Waals surface area (Å²) in [5, 5.41) is 18.7. The maximum Gasteiger partial charge on any atom is 0.282 e. The van der Waals surface area contributed by atoms with E-state index in [1.54, 1.807) is 24.3 Å². The van der Waals surface area contributed by atoms with Crippen LogP contribution in [-0.4, -0.2) is 41.5 Å². The lowest BCUT2D eigenvalue weighted by Crippen LogP contribution is -2.40. The molecule has 2 amide bonds. The number of aryl methyl sites for hydroxylation is 1. The number of anilines is 1. The molecule has 1 N–H and O–H groups in total. The number of imide groups is 1. The largest absolute Gasteiger partial charge is 0.396 e. The van der Waals surface area contributed by atoms with Crippen molar-refractivity contribution in [2.24, 2.45) is 5.92 Å². The molecular weight excluding hydrogens is 378 g/mol. The Balaban J connectivity index is 1.79. The van der Waals surface area contributed by atoms with Crippen molar-refractivity contribution in [3.8, 4) is 6.07 Å². The summed E-state index contributed by atoms with van der Waals surface area (Å²) in [6, 6.07) is 16.1. The molecule has 152 valence electrons. The molecule has 6 nitrogen and oxygen atoms in total. The van der Waals surface area contributed by atoms with Crippen molar-refractivity contribution in [3.05, 3.63) is 70.9 Å². The maximum absolute atomic E-state index is 13.5. The highest BCUT2D eigenvalue weighted by atomic mass is 16.3. The van der Waals surface area contributed by atoms with Crippen LogP contribution >= 0.6 is 0 Å². The van der Waals surface area contributed by atoms with E-state index in [1.165, 1.54) is 4.90 Å². The summed E-state index contributed by atoms with van der Waals surface area (Å²) in [5.74, 6) is -0.647. The number of rotatable bonds is 4. The second-order valence-electron chi connectivity index (χ2n) is 7.83. The SMILES string of the molecule is Cc1ccc(C2=C(N3CCCC(CO)C3)C(=O)N(c3ccc(C#N)cc3)C2=O)cc1. The van der Waals surface area contributed by atoms with E-state index in [2.05, 4.69) is 0 Å². The molecule has 30 heavy (non-hydrogen) atoms. The maximum atomic E-state index is 13.5. The van der Waals surface area contributed by atoms with Gasteiger partial charge in [0.15, 0.2) is 0 Å². The summed E-state index contributed by atoms with van der Waals surface area (Å²) in [7, 11) is 0. The number of nitrogens with zero attached hydrogens (tertiary/aromatic N) is 3. The van der Waals surface area contributed by atoms with Gasteiger partial charge >= 0.3 is 0 Å². The second kappa shape index (κ2) is 8.13. The number of hydrogen-bond donors (Lipinski definition) is 1. The Morgan fingerprint density at radius 2 is 1.77 bits per heavy atom. The van der Waals surface area contributed by atoms with Crippen molar-refractivity contribution in [1.82, 2.24) is 4.90 Å². The van der Waals surface area contributed by atoms with Gasteiger partial charge in [-0.2, -0.15) is 5.26 Å². The highest BCUT2D eigenvalue weighted by Crippen LogP contribution is 2.36. The molecular formula is C24H23N3O3. The van der Waals surface area contributed by atoms with Gasteiger partial charge in [-0.1, -0.05) is 29.8 Å². The lowest BCUT2D eigenvalue weighted by molar-refractivity contribution is -0.120. The molecule has 0 bridgehead atoms. The molecule has 2 aromatic rings. The lowest BCUT2D eigenvalue weighted by Gasteiger charge is -2.34. The molecule has 0 radical (unpaired) electrons. The topological polar surface area (TPSA) is 84.6 Å². The first kappa shape index (κ1) is 19.9. The number of hydrogen-bond acceptors (Lipinski definition) is 5. The fourth-order valence-corrected chi connectivity index (χ4v) is 4.13. The number of carbonyl (C=O) groups excluding carboxylic acids is 2. The summed E-state index contributed by atoms with van der Waals surface area (Å²) in [6.07, 6.45) is 1.76. The number of benzene rings is 2. The first-order valence-electron chi connectivity index (χ1n) is 10.1. The van der Waals surface area contributed by atoms with Crippen LogP contribution in [0, 0.1) is 24.2 Å². The van der Waals surface area contributed by atoms with Crippen LogP contribution < -0.4 is 4.90 Å². The van der Waals surface area contributed by atoms with Gasteiger partial charge in [-0.3, -0.25) is 9.59 Å². The molecule has 4 rings (SSSR count). The van der Waals surface area contributed by atoms with E-state index >= 15 is 0 Å². The van der Waals surface area contributed by atoms with Crippen LogP contribution in [0.15, 0.2) is 54.2 Å². The lowest BCUT2D eigenvalue weighted by atomic mass is 9.96. The smallest absolute Gasteiger partial charge is 0.282 e. The Bertz CT molecular complexity index is 1050. The standard InChI is InChI=1S/C24H23N3O3/c1-16-4-8-19(9-5-16)21-22(26-12-2-3-18(14-26)15-28)24(30)27(23(21)29)20-10-6-17(13-25)7-11-20/h4-11,18,28H,2-3,12,14-15H2,1H3. The van der Waals surface area contributed by atoms with Crippen molar-refractivity contribution in [2.75, 3.05) is 24.6 Å². The van der Waals surface area contributed by atoms with Crippen LogP contribution in [0.2, 0.25) is 0 Å². The molecule has 0 spiro atoms. The summed E-state index contributed by atoms with van der Waals surface area (Å²) < 4.78 is 0. The van der Waals surface area contributed by atoms with Gasteiger partial charge in [-0.05, 0) is 55.5 Å². The van der Waals surface area contributed by atoms with E-state index in [0.717, 1.165) is 18.4 Å². The number of amides is 2. The number of nitriles is 1. The van der Waals surface area contributed by atoms with Crippen molar-refractivity contribution >= 4 is 23.1 Å². The van der Waals surface area contributed by atoms with Crippen LogP contribution in [0.3, 0.4) is 0 Å². The van der Waals surface area contributed by atoms with E-state index < -0.39 is 0 Å². The first-order valence-corrected chi connectivity index (χ1v) is 10.1.